The lowest BCUT2D eigenvalue weighted by atomic mass is 9.89. The number of carbonyl (C=O) groups is 2. The van der Waals surface area contributed by atoms with E-state index in [4.69, 9.17) is 11.6 Å². The summed E-state index contributed by atoms with van der Waals surface area (Å²) in [4.78, 5) is 26.5. The average molecular weight is 372 g/mol. The molecular weight excluding hydrogens is 353 g/mol. The number of ketones is 1. The van der Waals surface area contributed by atoms with Gasteiger partial charge in [-0.25, -0.2) is 4.39 Å². The molecule has 1 fully saturated rings. The second kappa shape index (κ2) is 8.28. The molecule has 0 saturated carbocycles. The number of hydrogen-bond donors (Lipinski definition) is 0. The van der Waals surface area contributed by atoms with Crippen LogP contribution in [0.2, 0.25) is 5.02 Å². The second-order valence-corrected chi connectivity index (χ2v) is 6.71. The number of benzene rings is 2. The Bertz CT molecular complexity index is 807. The molecule has 0 aliphatic carbocycles. The van der Waals surface area contributed by atoms with Crippen molar-refractivity contribution in [2.75, 3.05) is 13.1 Å². The van der Waals surface area contributed by atoms with E-state index in [2.05, 4.69) is 0 Å². The molecule has 0 N–H and O–H groups in total. The lowest BCUT2D eigenvalue weighted by Gasteiger charge is -2.30. The van der Waals surface area contributed by atoms with E-state index in [1.54, 1.807) is 11.0 Å². The topological polar surface area (TPSA) is 37.4 Å². The molecule has 0 aromatic heterocycles. The van der Waals surface area contributed by atoms with Crippen molar-refractivity contribution in [3.63, 3.8) is 0 Å². The van der Waals surface area contributed by atoms with Gasteiger partial charge in [0.25, 0.3) is 0 Å². The van der Waals surface area contributed by atoms with E-state index in [9.17, 15) is 14.0 Å². The van der Waals surface area contributed by atoms with E-state index >= 15 is 0 Å². The van der Waals surface area contributed by atoms with Crippen LogP contribution in [-0.2, 0) is 4.79 Å². The zero-order chi connectivity index (χ0) is 18.5. The van der Waals surface area contributed by atoms with Crippen LogP contribution < -0.4 is 0 Å². The number of amides is 1. The monoisotopic (exact) mass is 371 g/mol. The Morgan fingerprint density at radius 3 is 2.38 bits per heavy atom. The van der Waals surface area contributed by atoms with Crippen LogP contribution in [0.5, 0.6) is 0 Å². The van der Waals surface area contributed by atoms with Crippen LogP contribution in [0.1, 0.15) is 28.8 Å². The average Bonchev–Trinajstić information content (AvgIpc) is 2.67. The smallest absolute Gasteiger partial charge is 0.246 e. The third-order valence-electron chi connectivity index (χ3n) is 4.63. The Kier molecular flexibility index (Phi) is 5.84. The van der Waals surface area contributed by atoms with Gasteiger partial charge in [0.15, 0.2) is 5.78 Å². The fourth-order valence-electron chi connectivity index (χ4n) is 3.13. The number of hydrogen-bond acceptors (Lipinski definition) is 2. The summed E-state index contributed by atoms with van der Waals surface area (Å²) in [5.74, 6) is -0.596. The molecule has 134 valence electrons. The summed E-state index contributed by atoms with van der Waals surface area (Å²) in [6.45, 7) is 1.02. The van der Waals surface area contributed by atoms with Gasteiger partial charge in [-0.2, -0.15) is 0 Å². The summed E-state index contributed by atoms with van der Waals surface area (Å²) in [6.07, 6.45) is 4.01. The molecule has 3 nitrogen and oxygen atoms in total. The van der Waals surface area contributed by atoms with Crippen molar-refractivity contribution in [2.24, 2.45) is 5.92 Å². The van der Waals surface area contributed by atoms with Gasteiger partial charge < -0.3 is 4.90 Å². The Balaban J connectivity index is 1.59. The van der Waals surface area contributed by atoms with Crippen molar-refractivity contribution in [1.29, 1.82) is 0 Å². The summed E-state index contributed by atoms with van der Waals surface area (Å²) in [5.41, 5.74) is 0.919. The molecule has 5 heteroatoms. The summed E-state index contributed by atoms with van der Waals surface area (Å²) < 4.78 is 13.7. The third kappa shape index (κ3) is 4.20. The van der Waals surface area contributed by atoms with Gasteiger partial charge in [-0.3, -0.25) is 9.59 Å². The summed E-state index contributed by atoms with van der Waals surface area (Å²) in [6, 6.07) is 13.6. The van der Waals surface area contributed by atoms with Crippen molar-refractivity contribution >= 4 is 29.4 Å². The fourth-order valence-corrected chi connectivity index (χ4v) is 3.36. The molecule has 1 amide bonds. The van der Waals surface area contributed by atoms with Gasteiger partial charge in [0, 0.05) is 36.2 Å². The van der Waals surface area contributed by atoms with Gasteiger partial charge in [0.1, 0.15) is 5.82 Å². The molecular formula is C21H19ClFNO2. The van der Waals surface area contributed by atoms with Crippen LogP contribution in [0, 0.1) is 11.7 Å². The third-order valence-corrected chi connectivity index (χ3v) is 4.96. The molecule has 0 spiro atoms. The number of nitrogens with zero attached hydrogens (tertiary/aromatic N) is 1. The van der Waals surface area contributed by atoms with Crippen molar-refractivity contribution in [1.82, 2.24) is 4.90 Å². The van der Waals surface area contributed by atoms with Gasteiger partial charge in [-0.1, -0.05) is 48.0 Å². The Morgan fingerprint density at radius 1 is 1.04 bits per heavy atom. The molecule has 0 bridgehead atoms. The molecule has 0 unspecified atom stereocenters. The minimum Gasteiger partial charge on any atom is -0.339 e. The molecule has 0 atom stereocenters. The van der Waals surface area contributed by atoms with Crippen molar-refractivity contribution in [3.05, 3.63) is 76.6 Å². The van der Waals surface area contributed by atoms with Gasteiger partial charge in [0.05, 0.1) is 5.02 Å². The van der Waals surface area contributed by atoms with Gasteiger partial charge >= 0.3 is 0 Å². The lowest BCUT2D eigenvalue weighted by molar-refractivity contribution is -0.127. The second-order valence-electron chi connectivity index (χ2n) is 6.30. The first-order chi connectivity index (χ1) is 12.6. The predicted molar refractivity (Wildman–Crippen MR) is 101 cm³/mol. The first-order valence-electron chi connectivity index (χ1n) is 8.56. The van der Waals surface area contributed by atoms with E-state index in [0.717, 1.165) is 0 Å². The van der Waals surface area contributed by atoms with Crippen LogP contribution in [0.25, 0.3) is 6.08 Å². The lowest BCUT2D eigenvalue weighted by Crippen LogP contribution is -2.39. The van der Waals surface area contributed by atoms with E-state index in [1.807, 2.05) is 30.3 Å². The Labute approximate surface area is 157 Å². The number of halogens is 2. The molecule has 3 rings (SSSR count). The molecule has 1 aliphatic heterocycles. The maximum absolute atomic E-state index is 13.7. The highest BCUT2D eigenvalue weighted by molar-refractivity contribution is 6.32. The highest BCUT2D eigenvalue weighted by Gasteiger charge is 2.27. The summed E-state index contributed by atoms with van der Waals surface area (Å²) >= 11 is 5.96. The molecule has 2 aromatic rings. The Hall–Kier alpha value is -2.46. The van der Waals surface area contributed by atoms with Gasteiger partial charge in [-0.15, -0.1) is 0 Å². The molecule has 1 saturated heterocycles. The number of rotatable bonds is 4. The zero-order valence-corrected chi connectivity index (χ0v) is 15.0. The molecule has 1 heterocycles. The van der Waals surface area contributed by atoms with Crippen molar-refractivity contribution in [2.45, 2.75) is 12.8 Å². The normalized spacial score (nSPS) is 15.4. The first kappa shape index (κ1) is 18.3. The van der Waals surface area contributed by atoms with E-state index in [-0.39, 0.29) is 28.2 Å². The molecule has 1 aliphatic rings. The van der Waals surface area contributed by atoms with Crippen molar-refractivity contribution in [3.8, 4) is 0 Å². The summed E-state index contributed by atoms with van der Waals surface area (Å²) in [7, 11) is 0. The maximum Gasteiger partial charge on any atom is 0.246 e. The maximum atomic E-state index is 13.7. The quantitative estimate of drug-likeness (QED) is 0.581. The molecule has 26 heavy (non-hydrogen) atoms. The minimum absolute atomic E-state index is 0.0635. The fraction of sp³-hybridized carbons (Fsp3) is 0.238. The minimum atomic E-state index is -0.464. The Morgan fingerprint density at radius 2 is 1.73 bits per heavy atom. The summed E-state index contributed by atoms with van der Waals surface area (Å²) in [5, 5.41) is 0.265. The van der Waals surface area contributed by atoms with E-state index in [0.29, 0.717) is 31.5 Å². The number of Topliss-reactive ketones (excluding diaryl/α,β-unsaturated/α-hetero) is 1. The molecule has 2 aromatic carbocycles. The van der Waals surface area contributed by atoms with E-state index in [1.165, 1.54) is 24.3 Å². The van der Waals surface area contributed by atoms with Gasteiger partial charge in [-0.05, 0) is 31.1 Å². The SMILES string of the molecule is O=C(c1ccccc1)C1CCN(C(=O)C=Cc2c(F)cccc2Cl)CC1. The molecule has 0 radical (unpaired) electrons. The van der Waals surface area contributed by atoms with Crippen LogP contribution in [0.15, 0.2) is 54.6 Å². The van der Waals surface area contributed by atoms with Crippen LogP contribution >= 0.6 is 11.6 Å². The first-order valence-corrected chi connectivity index (χ1v) is 8.94. The van der Waals surface area contributed by atoms with Crippen molar-refractivity contribution < 1.29 is 14.0 Å². The standard InChI is InChI=1S/C21H19ClFNO2/c22-18-7-4-8-19(23)17(18)9-10-20(25)24-13-11-16(12-14-24)21(26)15-5-2-1-3-6-15/h1-10,16H,11-14H2. The highest BCUT2D eigenvalue weighted by atomic mass is 35.5. The van der Waals surface area contributed by atoms with Crippen LogP contribution in [0.3, 0.4) is 0 Å². The highest BCUT2D eigenvalue weighted by Crippen LogP contribution is 2.23. The number of carbonyl (C=O) groups excluding carboxylic acids is 2. The number of likely N-dealkylation sites (tertiary alicyclic amines) is 1. The van der Waals surface area contributed by atoms with Crippen LogP contribution in [0.4, 0.5) is 4.39 Å². The predicted octanol–water partition coefficient (Wildman–Crippen LogP) is 4.61. The van der Waals surface area contributed by atoms with E-state index < -0.39 is 5.82 Å². The van der Waals surface area contributed by atoms with Crippen LogP contribution in [-0.4, -0.2) is 29.7 Å². The van der Waals surface area contributed by atoms with Gasteiger partial charge in [0.2, 0.25) is 5.91 Å². The largest absolute Gasteiger partial charge is 0.339 e. The zero-order valence-electron chi connectivity index (χ0n) is 14.2. The number of piperidine rings is 1.